The van der Waals surface area contributed by atoms with Crippen LogP contribution in [0.15, 0.2) is 46.1 Å². The van der Waals surface area contributed by atoms with Crippen molar-refractivity contribution in [2.24, 2.45) is 5.73 Å². The highest BCUT2D eigenvalue weighted by Crippen LogP contribution is 2.15. The summed E-state index contributed by atoms with van der Waals surface area (Å²) in [5.74, 6) is -0.665. The Balaban J connectivity index is 0.00000612. The fourth-order valence-corrected chi connectivity index (χ4v) is 4.19. The van der Waals surface area contributed by atoms with Gasteiger partial charge in [-0.2, -0.15) is 0 Å². The number of hydrogen-bond donors (Lipinski definition) is 4. The van der Waals surface area contributed by atoms with E-state index in [1.165, 1.54) is 27.8 Å². The zero-order chi connectivity index (χ0) is 25.3. The Bertz CT molecular complexity index is 1190. The van der Waals surface area contributed by atoms with Crippen LogP contribution in [0.1, 0.15) is 31.0 Å². The van der Waals surface area contributed by atoms with Gasteiger partial charge in [0.1, 0.15) is 12.2 Å². The largest absolute Gasteiger partial charge is 0.368 e. The Hall–Kier alpha value is -3.09. The molecule has 1 aromatic heterocycles. The number of amides is 1. The summed E-state index contributed by atoms with van der Waals surface area (Å²) >= 11 is 0. The molecule has 0 atom stereocenters. The third-order valence-electron chi connectivity index (χ3n) is 4.89. The molecule has 1 amide bonds. The molecule has 0 saturated heterocycles. The second kappa shape index (κ2) is 13.7. The number of benzene rings is 1. The van der Waals surface area contributed by atoms with Gasteiger partial charge in [0, 0.05) is 18.8 Å². The SMILES string of the molecule is CCCCN(OCCNC(=O)Cn1c(C)ccc(NS(=O)(=O)c2cccc(C)c2)c1=O)C(=N)N.Cl. The van der Waals surface area contributed by atoms with Crippen LogP contribution in [0.4, 0.5) is 5.69 Å². The fraction of sp³-hybridized carbons (Fsp3) is 0.409. The van der Waals surface area contributed by atoms with Gasteiger partial charge >= 0.3 is 0 Å². The number of nitrogens with one attached hydrogen (secondary N) is 3. The molecule has 0 spiro atoms. The van der Waals surface area contributed by atoms with Crippen LogP contribution in [0.5, 0.6) is 0 Å². The summed E-state index contributed by atoms with van der Waals surface area (Å²) in [5, 5.41) is 11.4. The third kappa shape index (κ3) is 8.89. The van der Waals surface area contributed by atoms with Crippen molar-refractivity contribution in [3.05, 3.63) is 58.0 Å². The van der Waals surface area contributed by atoms with Crippen LogP contribution in [0, 0.1) is 19.3 Å². The average Bonchev–Trinajstić information content (AvgIpc) is 2.77. The van der Waals surface area contributed by atoms with Crippen molar-refractivity contribution in [1.82, 2.24) is 14.9 Å². The predicted molar refractivity (Wildman–Crippen MR) is 137 cm³/mol. The predicted octanol–water partition coefficient (Wildman–Crippen LogP) is 1.73. The molecule has 194 valence electrons. The lowest BCUT2D eigenvalue weighted by atomic mass is 10.2. The summed E-state index contributed by atoms with van der Waals surface area (Å²) in [6.07, 6.45) is 1.72. The molecule has 5 N–H and O–H groups in total. The Labute approximate surface area is 211 Å². The van der Waals surface area contributed by atoms with Gasteiger partial charge in [-0.05, 0) is 50.1 Å². The van der Waals surface area contributed by atoms with Crippen LogP contribution in [-0.4, -0.2) is 49.6 Å². The normalized spacial score (nSPS) is 10.8. The van der Waals surface area contributed by atoms with Crippen molar-refractivity contribution in [2.45, 2.75) is 45.1 Å². The third-order valence-corrected chi connectivity index (χ3v) is 6.26. The molecule has 2 rings (SSSR count). The smallest absolute Gasteiger partial charge is 0.275 e. The number of hydrogen-bond acceptors (Lipinski definition) is 6. The van der Waals surface area contributed by atoms with Crippen LogP contribution < -0.4 is 21.3 Å². The van der Waals surface area contributed by atoms with E-state index in [2.05, 4.69) is 10.0 Å². The Morgan fingerprint density at radius 3 is 2.57 bits per heavy atom. The number of nitrogens with two attached hydrogens (primary N) is 1. The van der Waals surface area contributed by atoms with Crippen molar-refractivity contribution in [2.75, 3.05) is 24.4 Å². The number of aryl methyl sites for hydroxylation is 2. The second-order valence-electron chi connectivity index (χ2n) is 7.73. The van der Waals surface area contributed by atoms with E-state index in [1.54, 1.807) is 32.0 Å². The first-order valence-electron chi connectivity index (χ1n) is 10.9. The number of guanidine groups is 1. The van der Waals surface area contributed by atoms with Crippen molar-refractivity contribution in [3.63, 3.8) is 0 Å². The van der Waals surface area contributed by atoms with Gasteiger partial charge in [-0.15, -0.1) is 12.4 Å². The molecule has 0 aliphatic heterocycles. The van der Waals surface area contributed by atoms with Crippen molar-refractivity contribution in [3.8, 4) is 0 Å². The summed E-state index contributed by atoms with van der Waals surface area (Å²) in [6, 6.07) is 9.26. The molecule has 0 aliphatic rings. The topological polar surface area (TPSA) is 160 Å². The van der Waals surface area contributed by atoms with Gasteiger partial charge in [0.25, 0.3) is 15.6 Å². The average molecular weight is 529 g/mol. The van der Waals surface area contributed by atoms with Gasteiger partial charge in [-0.3, -0.25) is 24.6 Å². The maximum Gasteiger partial charge on any atom is 0.275 e. The summed E-state index contributed by atoms with van der Waals surface area (Å²) in [7, 11) is -3.97. The lowest BCUT2D eigenvalue weighted by Crippen LogP contribution is -2.40. The minimum absolute atomic E-state index is 0. The quantitative estimate of drug-likeness (QED) is 0.141. The van der Waals surface area contributed by atoms with Crippen LogP contribution >= 0.6 is 12.4 Å². The van der Waals surface area contributed by atoms with E-state index in [9.17, 15) is 18.0 Å². The molecule has 0 unspecified atom stereocenters. The van der Waals surface area contributed by atoms with E-state index in [-0.39, 0.29) is 48.6 Å². The molecule has 11 nitrogen and oxygen atoms in total. The lowest BCUT2D eigenvalue weighted by molar-refractivity contribution is -0.124. The molecule has 2 aromatic rings. The molecule has 1 heterocycles. The van der Waals surface area contributed by atoms with Gasteiger partial charge in [-0.1, -0.05) is 25.5 Å². The van der Waals surface area contributed by atoms with Gasteiger partial charge in [0.15, 0.2) is 0 Å². The number of sulfonamides is 1. The van der Waals surface area contributed by atoms with Crippen LogP contribution in [0.3, 0.4) is 0 Å². The second-order valence-corrected chi connectivity index (χ2v) is 9.41. The van der Waals surface area contributed by atoms with E-state index in [0.717, 1.165) is 18.4 Å². The van der Waals surface area contributed by atoms with Crippen molar-refractivity contribution in [1.29, 1.82) is 5.41 Å². The first kappa shape index (κ1) is 29.9. The molecular formula is C22H33ClN6O5S. The maximum absolute atomic E-state index is 12.9. The first-order valence-corrected chi connectivity index (χ1v) is 12.3. The molecule has 1 aromatic carbocycles. The number of halogens is 1. The van der Waals surface area contributed by atoms with Crippen molar-refractivity contribution >= 4 is 40.0 Å². The summed E-state index contributed by atoms with van der Waals surface area (Å²) in [5.41, 5.74) is 5.94. The van der Waals surface area contributed by atoms with Gasteiger partial charge in [0.2, 0.25) is 11.9 Å². The van der Waals surface area contributed by atoms with Crippen molar-refractivity contribution < 1.29 is 18.0 Å². The van der Waals surface area contributed by atoms with E-state index < -0.39 is 21.5 Å². The zero-order valence-corrected chi connectivity index (χ0v) is 21.7. The lowest BCUT2D eigenvalue weighted by Gasteiger charge is -2.21. The van der Waals surface area contributed by atoms with E-state index in [4.69, 9.17) is 16.0 Å². The molecular weight excluding hydrogens is 496 g/mol. The number of carbonyl (C=O) groups excluding carboxylic acids is 1. The van der Waals surface area contributed by atoms with E-state index in [1.807, 2.05) is 6.92 Å². The highest BCUT2D eigenvalue weighted by atomic mass is 35.5. The minimum Gasteiger partial charge on any atom is -0.368 e. The van der Waals surface area contributed by atoms with Gasteiger partial charge < -0.3 is 15.6 Å². The van der Waals surface area contributed by atoms with Crippen LogP contribution in [0.25, 0.3) is 0 Å². The monoisotopic (exact) mass is 528 g/mol. The van der Waals surface area contributed by atoms with Gasteiger partial charge in [-0.25, -0.2) is 13.5 Å². The number of anilines is 1. The molecule has 13 heteroatoms. The highest BCUT2D eigenvalue weighted by Gasteiger charge is 2.18. The number of pyridine rings is 1. The Kier molecular flexibility index (Phi) is 11.7. The van der Waals surface area contributed by atoms with E-state index >= 15 is 0 Å². The molecule has 0 bridgehead atoms. The summed E-state index contributed by atoms with van der Waals surface area (Å²) in [6.45, 7) is 5.84. The number of rotatable bonds is 12. The number of carbonyl (C=O) groups is 1. The molecule has 0 fully saturated rings. The standard InChI is InChI=1S/C22H32N6O5S.ClH/c1-4-5-12-28(22(23)24)33-13-11-25-20(29)15-27-17(3)9-10-19(21(27)30)26-34(31,32)18-8-6-7-16(2)14-18;/h6-10,14,26H,4-5,11-13,15H2,1-3H3,(H3,23,24)(H,25,29);1H. The summed E-state index contributed by atoms with van der Waals surface area (Å²) < 4.78 is 28.9. The highest BCUT2D eigenvalue weighted by molar-refractivity contribution is 7.92. The first-order chi connectivity index (χ1) is 16.0. The fourth-order valence-electron chi connectivity index (χ4n) is 3.03. The molecule has 35 heavy (non-hydrogen) atoms. The molecule has 0 saturated carbocycles. The molecule has 0 radical (unpaired) electrons. The number of aromatic nitrogens is 1. The van der Waals surface area contributed by atoms with Gasteiger partial charge in [0.05, 0.1) is 11.5 Å². The van der Waals surface area contributed by atoms with E-state index in [0.29, 0.717) is 12.2 Å². The minimum atomic E-state index is -3.97. The number of nitrogens with zero attached hydrogens (tertiary/aromatic N) is 2. The zero-order valence-electron chi connectivity index (χ0n) is 20.0. The molecule has 0 aliphatic carbocycles. The summed E-state index contributed by atoms with van der Waals surface area (Å²) in [4.78, 5) is 30.7. The number of hydroxylamine groups is 2. The number of unbranched alkanes of at least 4 members (excludes halogenated alkanes) is 1. The Morgan fingerprint density at radius 2 is 1.94 bits per heavy atom. The van der Waals surface area contributed by atoms with Crippen LogP contribution in [-0.2, 0) is 26.2 Å². The maximum atomic E-state index is 12.9. The van der Waals surface area contributed by atoms with Crippen LogP contribution in [0.2, 0.25) is 0 Å². The Morgan fingerprint density at radius 1 is 1.23 bits per heavy atom.